The molecule has 1 rings (SSSR count). The fourth-order valence-corrected chi connectivity index (χ4v) is 3.41. The molecule has 0 amide bonds. The number of carboxylic acid groups (broad SMARTS) is 1. The van der Waals surface area contributed by atoms with Crippen molar-refractivity contribution < 1.29 is 25.2 Å². The van der Waals surface area contributed by atoms with Crippen molar-refractivity contribution in [3.63, 3.8) is 0 Å². The molecule has 0 unspecified atom stereocenters. The maximum atomic E-state index is 10.5. The number of carbonyl (C=O) groups is 1. The van der Waals surface area contributed by atoms with Crippen LogP contribution >= 0.6 is 0 Å². The zero-order valence-electron chi connectivity index (χ0n) is 15.3. The number of rotatable bonds is 12. The van der Waals surface area contributed by atoms with Crippen LogP contribution in [0.4, 0.5) is 0 Å². The van der Waals surface area contributed by atoms with Gasteiger partial charge < -0.3 is 20.4 Å². The normalized spacial score (nSPS) is 28.2. The zero-order valence-corrected chi connectivity index (χ0v) is 15.3. The van der Waals surface area contributed by atoms with E-state index in [9.17, 15) is 20.1 Å². The summed E-state index contributed by atoms with van der Waals surface area (Å²) in [7, 11) is 0. The SMILES string of the molecule is CCCCC[C@H](O)/C=C/[C@@H]1[C@@H](C/C=C/CCCC(=O)O)[C@@H](O)C[C@H]1O. The van der Waals surface area contributed by atoms with Crippen LogP contribution < -0.4 is 0 Å². The molecule has 25 heavy (non-hydrogen) atoms. The van der Waals surface area contributed by atoms with E-state index in [2.05, 4.69) is 6.92 Å². The highest BCUT2D eigenvalue weighted by Crippen LogP contribution is 2.36. The first kappa shape index (κ1) is 21.9. The third-order valence-corrected chi connectivity index (χ3v) is 4.91. The van der Waals surface area contributed by atoms with Gasteiger partial charge in [-0.15, -0.1) is 0 Å². The summed E-state index contributed by atoms with van der Waals surface area (Å²) in [5.74, 6) is -1.00. The highest BCUT2D eigenvalue weighted by molar-refractivity contribution is 5.66. The predicted octanol–water partition coefficient (Wildman–Crippen LogP) is 3.04. The van der Waals surface area contributed by atoms with Crippen molar-refractivity contribution >= 4 is 5.97 Å². The zero-order chi connectivity index (χ0) is 18.7. The molecule has 5 atom stereocenters. The van der Waals surface area contributed by atoms with Gasteiger partial charge in [-0.05, 0) is 31.6 Å². The fraction of sp³-hybridized carbons (Fsp3) is 0.750. The lowest BCUT2D eigenvalue weighted by Crippen LogP contribution is -2.20. The lowest BCUT2D eigenvalue weighted by Gasteiger charge is -2.19. The lowest BCUT2D eigenvalue weighted by atomic mass is 9.89. The lowest BCUT2D eigenvalue weighted by molar-refractivity contribution is -0.137. The standard InChI is InChI=1S/C20H34O5/c1-2-3-6-9-15(21)12-13-17-16(18(22)14-19(17)23)10-7-4-5-8-11-20(24)25/h4,7,12-13,15-19,21-23H,2-3,5-6,8-11,14H2,1H3,(H,24,25)/b7-4+,13-12+/t15-,16+,17+,18-,19+/m0/s1. The Balaban J connectivity index is 2.46. The van der Waals surface area contributed by atoms with Crippen LogP contribution in [0, 0.1) is 11.8 Å². The molecule has 4 N–H and O–H groups in total. The van der Waals surface area contributed by atoms with Crippen LogP contribution in [0.2, 0.25) is 0 Å². The number of aliphatic hydroxyl groups is 3. The summed E-state index contributed by atoms with van der Waals surface area (Å²) in [6.07, 6.45) is 12.3. The number of hydrogen-bond donors (Lipinski definition) is 4. The summed E-state index contributed by atoms with van der Waals surface area (Å²) in [6.45, 7) is 2.12. The minimum Gasteiger partial charge on any atom is -0.481 e. The third kappa shape index (κ3) is 8.66. The van der Waals surface area contributed by atoms with Gasteiger partial charge in [-0.2, -0.15) is 0 Å². The molecule has 0 aromatic rings. The second-order valence-corrected chi connectivity index (χ2v) is 7.05. The van der Waals surface area contributed by atoms with Gasteiger partial charge in [0.05, 0.1) is 18.3 Å². The van der Waals surface area contributed by atoms with Crippen molar-refractivity contribution in [1.82, 2.24) is 0 Å². The first-order valence-corrected chi connectivity index (χ1v) is 9.55. The number of unbranched alkanes of at least 4 members (excludes halogenated alkanes) is 3. The Morgan fingerprint density at radius 3 is 2.60 bits per heavy atom. The summed E-state index contributed by atoms with van der Waals surface area (Å²) in [5, 5.41) is 39.0. The van der Waals surface area contributed by atoms with Gasteiger partial charge in [0.2, 0.25) is 0 Å². The topological polar surface area (TPSA) is 98.0 Å². The van der Waals surface area contributed by atoms with Crippen LogP contribution in [-0.4, -0.2) is 44.7 Å². The van der Waals surface area contributed by atoms with Gasteiger partial charge in [-0.1, -0.05) is 50.5 Å². The van der Waals surface area contributed by atoms with Gasteiger partial charge in [0.15, 0.2) is 0 Å². The molecule has 0 saturated heterocycles. The van der Waals surface area contributed by atoms with Crippen molar-refractivity contribution in [2.45, 2.75) is 83.0 Å². The van der Waals surface area contributed by atoms with Crippen LogP contribution in [0.3, 0.4) is 0 Å². The molecule has 0 heterocycles. The minimum atomic E-state index is -0.787. The quantitative estimate of drug-likeness (QED) is 0.319. The molecule has 144 valence electrons. The number of aliphatic carboxylic acids is 1. The van der Waals surface area contributed by atoms with Crippen molar-refractivity contribution in [3.05, 3.63) is 24.3 Å². The van der Waals surface area contributed by atoms with Crippen molar-refractivity contribution in [1.29, 1.82) is 0 Å². The molecule has 1 aliphatic rings. The van der Waals surface area contributed by atoms with E-state index >= 15 is 0 Å². The van der Waals surface area contributed by atoms with E-state index in [0.717, 1.165) is 25.7 Å². The van der Waals surface area contributed by atoms with Crippen LogP contribution in [0.25, 0.3) is 0 Å². The van der Waals surface area contributed by atoms with Gasteiger partial charge in [-0.25, -0.2) is 0 Å². The molecule has 0 aromatic carbocycles. The Bertz CT molecular complexity index is 432. The highest BCUT2D eigenvalue weighted by atomic mass is 16.4. The Labute approximate surface area is 151 Å². The number of allylic oxidation sites excluding steroid dienone is 2. The van der Waals surface area contributed by atoms with E-state index in [1.807, 2.05) is 18.2 Å². The predicted molar refractivity (Wildman–Crippen MR) is 98.1 cm³/mol. The maximum absolute atomic E-state index is 10.5. The average molecular weight is 354 g/mol. The smallest absolute Gasteiger partial charge is 0.303 e. The number of aliphatic hydroxyl groups excluding tert-OH is 3. The minimum absolute atomic E-state index is 0.0650. The van der Waals surface area contributed by atoms with E-state index in [0.29, 0.717) is 25.7 Å². The van der Waals surface area contributed by atoms with E-state index in [4.69, 9.17) is 5.11 Å². The van der Waals surface area contributed by atoms with Crippen LogP contribution in [0.15, 0.2) is 24.3 Å². The Morgan fingerprint density at radius 2 is 1.92 bits per heavy atom. The molecule has 0 aliphatic heterocycles. The molecule has 1 fully saturated rings. The molecule has 0 radical (unpaired) electrons. The van der Waals surface area contributed by atoms with Crippen molar-refractivity contribution in [2.24, 2.45) is 11.8 Å². The summed E-state index contributed by atoms with van der Waals surface area (Å²) < 4.78 is 0. The van der Waals surface area contributed by atoms with Crippen LogP contribution in [-0.2, 0) is 4.79 Å². The highest BCUT2D eigenvalue weighted by Gasteiger charge is 2.39. The summed E-state index contributed by atoms with van der Waals surface area (Å²) in [6, 6.07) is 0. The second-order valence-electron chi connectivity index (χ2n) is 7.05. The van der Waals surface area contributed by atoms with Crippen molar-refractivity contribution in [3.8, 4) is 0 Å². The largest absolute Gasteiger partial charge is 0.481 e. The Kier molecular flexibility index (Phi) is 10.7. The molecule has 0 spiro atoms. The fourth-order valence-electron chi connectivity index (χ4n) is 3.41. The van der Waals surface area contributed by atoms with Gasteiger partial charge in [0, 0.05) is 18.8 Å². The number of hydrogen-bond acceptors (Lipinski definition) is 4. The molecular weight excluding hydrogens is 320 g/mol. The van der Waals surface area contributed by atoms with Crippen LogP contribution in [0.1, 0.15) is 64.7 Å². The van der Waals surface area contributed by atoms with Crippen molar-refractivity contribution in [2.75, 3.05) is 0 Å². The Hall–Kier alpha value is -1.17. The van der Waals surface area contributed by atoms with Gasteiger partial charge in [0.1, 0.15) is 0 Å². The van der Waals surface area contributed by atoms with Gasteiger partial charge in [-0.3, -0.25) is 4.79 Å². The molecular formula is C20H34O5. The Morgan fingerprint density at radius 1 is 1.16 bits per heavy atom. The first-order valence-electron chi connectivity index (χ1n) is 9.55. The monoisotopic (exact) mass is 354 g/mol. The molecule has 0 aromatic heterocycles. The number of carboxylic acids is 1. The van der Waals surface area contributed by atoms with Crippen LogP contribution in [0.5, 0.6) is 0 Å². The average Bonchev–Trinajstić information content (AvgIpc) is 2.82. The molecule has 1 aliphatic carbocycles. The third-order valence-electron chi connectivity index (χ3n) is 4.91. The van der Waals surface area contributed by atoms with E-state index in [1.54, 1.807) is 6.08 Å². The first-order chi connectivity index (χ1) is 12.0. The summed E-state index contributed by atoms with van der Waals surface area (Å²) in [4.78, 5) is 10.5. The molecule has 1 saturated carbocycles. The summed E-state index contributed by atoms with van der Waals surface area (Å²) >= 11 is 0. The maximum Gasteiger partial charge on any atom is 0.303 e. The van der Waals surface area contributed by atoms with Gasteiger partial charge >= 0.3 is 5.97 Å². The summed E-state index contributed by atoms with van der Waals surface area (Å²) in [5.41, 5.74) is 0. The van der Waals surface area contributed by atoms with Gasteiger partial charge in [0.25, 0.3) is 0 Å². The van der Waals surface area contributed by atoms with E-state index in [1.165, 1.54) is 0 Å². The second kappa shape index (κ2) is 12.2. The van der Waals surface area contributed by atoms with E-state index in [-0.39, 0.29) is 18.3 Å². The van der Waals surface area contributed by atoms with E-state index < -0.39 is 24.3 Å². The molecule has 5 heteroatoms. The molecule has 5 nitrogen and oxygen atoms in total. The molecule has 0 bridgehead atoms.